The molecular weight excluding hydrogens is 838 g/mol. The van der Waals surface area contributed by atoms with Crippen LogP contribution in [0.1, 0.15) is 13.8 Å². The minimum atomic E-state index is -2.14. The van der Waals surface area contributed by atoms with Crippen LogP contribution >= 0.6 is 0 Å². The number of halogens is 20. The topological polar surface area (TPSA) is 12.0 Å². The Morgan fingerprint density at radius 3 is 0.415 bits per heavy atom. The van der Waals surface area contributed by atoms with Gasteiger partial charge >= 0.3 is 287 Å². The number of hydrogen-bond acceptors (Lipinski definition) is 1. The SMILES string of the molecule is CCNCC.Fc1c(F)c(F)[c]([Al+2])c(F)c1F.Fc1c(F)c(F)[c]([Al+2])c(F)c1F.Fc1c(F)c(F)[c]([Al+2])c(F)c1F.Fc1c(F)c(F)[c]([Al+2])c(F)c1F. The molecule has 0 aromatic heterocycles. The molecule has 0 amide bonds. The van der Waals surface area contributed by atoms with Gasteiger partial charge in [-0.25, -0.2) is 0 Å². The minimum absolute atomic E-state index is 0.952. The standard InChI is InChI=1S/4C6F5.C4H11N.4Al/c4*7-2-1-3(8)5(10)6(11)4(2)9;1-3-5-4-2;;;;/h;;;;5H,3-4H2,1-2H3;;;;/q;;;;;4*+2. The van der Waals surface area contributed by atoms with Gasteiger partial charge in [0.2, 0.25) is 0 Å². The molecular formula is C28H11Al4F20N+8. The van der Waals surface area contributed by atoms with Gasteiger partial charge in [-0.2, -0.15) is 0 Å². The number of benzene rings is 4. The van der Waals surface area contributed by atoms with E-state index in [-0.39, 0.29) is 0 Å². The Hall–Kier alpha value is -2.43. The summed E-state index contributed by atoms with van der Waals surface area (Å²) >= 11 is 5.76. The van der Waals surface area contributed by atoms with Gasteiger partial charge in [0.15, 0.2) is 0 Å². The molecule has 0 bridgehead atoms. The molecule has 0 aliphatic heterocycles. The third-order valence-electron chi connectivity index (χ3n) is 5.48. The van der Waals surface area contributed by atoms with Crippen LogP contribution in [0.4, 0.5) is 87.8 Å². The Labute approximate surface area is 318 Å². The summed E-state index contributed by atoms with van der Waals surface area (Å²) in [5.41, 5.74) is 0. The molecule has 4 aromatic carbocycles. The summed E-state index contributed by atoms with van der Waals surface area (Å²) in [6, 6.07) is 0. The van der Waals surface area contributed by atoms with Crippen LogP contribution in [0.3, 0.4) is 0 Å². The zero-order valence-electron chi connectivity index (χ0n) is 25.8. The maximum absolute atomic E-state index is 12.4. The van der Waals surface area contributed by atoms with Crippen LogP contribution in [-0.4, -0.2) is 78.3 Å². The van der Waals surface area contributed by atoms with Gasteiger partial charge < -0.3 is 5.32 Å². The van der Waals surface area contributed by atoms with Crippen LogP contribution in [0.25, 0.3) is 0 Å². The number of nitrogens with one attached hydrogen (secondary N) is 1. The summed E-state index contributed by atoms with van der Waals surface area (Å²) in [5.74, 6) is -38.6. The first-order valence-corrected chi connectivity index (χ1v) is 15.4. The molecule has 0 aliphatic carbocycles. The van der Waals surface area contributed by atoms with E-state index >= 15 is 0 Å². The molecule has 0 aliphatic rings. The maximum atomic E-state index is 12.4. The van der Waals surface area contributed by atoms with Crippen molar-refractivity contribution in [3.63, 3.8) is 0 Å². The molecule has 0 radical (unpaired) electrons. The first kappa shape index (κ1) is 50.6. The van der Waals surface area contributed by atoms with Gasteiger partial charge in [-0.3, -0.25) is 0 Å². The Morgan fingerprint density at radius 2 is 0.340 bits per heavy atom. The summed E-state index contributed by atoms with van der Waals surface area (Å²) in [6.07, 6.45) is 0. The molecule has 0 saturated heterocycles. The van der Waals surface area contributed by atoms with Crippen molar-refractivity contribution < 1.29 is 87.8 Å². The number of hydrogen-bond donors (Lipinski definition) is 1. The molecule has 1 nitrogen and oxygen atoms in total. The van der Waals surface area contributed by atoms with Crippen LogP contribution in [0.2, 0.25) is 0 Å². The summed E-state index contributed by atoms with van der Waals surface area (Å²) in [5, 5.41) is 3.11. The van der Waals surface area contributed by atoms with Crippen molar-refractivity contribution in [1.29, 1.82) is 0 Å². The second-order valence-corrected chi connectivity index (χ2v) is 11.2. The zero-order chi connectivity index (χ0) is 42.0. The molecule has 4 aromatic rings. The normalized spacial score (nSPS) is 10.4. The van der Waals surface area contributed by atoms with Gasteiger partial charge in [-0.15, -0.1) is 0 Å². The monoisotopic (exact) mass is 849 g/mol. The van der Waals surface area contributed by atoms with Crippen molar-refractivity contribution >= 4 is 82.9 Å². The fraction of sp³-hybridized carbons (Fsp3) is 0.143. The summed E-state index contributed by atoms with van der Waals surface area (Å²) < 4.78 is 242. The zero-order valence-corrected chi connectivity index (χ0v) is 30.4. The second kappa shape index (κ2) is 22.2. The van der Waals surface area contributed by atoms with Crippen molar-refractivity contribution in [2.45, 2.75) is 13.8 Å². The van der Waals surface area contributed by atoms with E-state index < -0.39 is 134 Å². The Bertz CT molecular complexity index is 1250. The Kier molecular flexibility index (Phi) is 21.2. The van der Waals surface area contributed by atoms with Gasteiger partial charge in [0.1, 0.15) is 0 Å². The molecule has 272 valence electrons. The second-order valence-electron chi connectivity index (χ2n) is 8.89. The van der Waals surface area contributed by atoms with Crippen molar-refractivity contribution in [2.24, 2.45) is 0 Å². The van der Waals surface area contributed by atoms with Crippen LogP contribution in [0.5, 0.6) is 0 Å². The summed E-state index contributed by atoms with van der Waals surface area (Å²) in [7, 11) is 0. The quantitative estimate of drug-likeness (QED) is 0.125. The van der Waals surface area contributed by atoms with Crippen LogP contribution in [0.15, 0.2) is 0 Å². The van der Waals surface area contributed by atoms with Crippen molar-refractivity contribution in [3.05, 3.63) is 116 Å². The fourth-order valence-electron chi connectivity index (χ4n) is 2.74. The van der Waals surface area contributed by atoms with E-state index in [0.29, 0.717) is 0 Å². The molecule has 53 heavy (non-hydrogen) atoms. The molecule has 4 rings (SSSR count). The Balaban J connectivity index is 0.000000652. The van der Waals surface area contributed by atoms with E-state index in [9.17, 15) is 87.8 Å². The Morgan fingerprint density at radius 1 is 0.245 bits per heavy atom. The van der Waals surface area contributed by atoms with Gasteiger partial charge in [-0.1, -0.05) is 13.8 Å². The summed E-state index contributed by atoms with van der Waals surface area (Å²) in [4.78, 5) is 0. The summed E-state index contributed by atoms with van der Waals surface area (Å²) in [6.45, 7) is 6.39. The predicted octanol–water partition coefficient (Wildman–Crippen LogP) is 5.32. The molecule has 0 unspecified atom stereocenters. The van der Waals surface area contributed by atoms with E-state index in [1.54, 1.807) is 0 Å². The molecule has 25 heteroatoms. The third-order valence-corrected chi connectivity index (χ3v) is 7.50. The molecule has 0 heterocycles. The first-order valence-electron chi connectivity index (χ1n) is 13.1. The van der Waals surface area contributed by atoms with Gasteiger partial charge in [0.05, 0.1) is 0 Å². The first-order chi connectivity index (χ1) is 24.3. The van der Waals surface area contributed by atoms with E-state index in [1.165, 1.54) is 65.2 Å². The van der Waals surface area contributed by atoms with Gasteiger partial charge in [-0.05, 0) is 13.1 Å². The van der Waals surface area contributed by atoms with E-state index in [4.69, 9.17) is 0 Å². The van der Waals surface area contributed by atoms with Gasteiger partial charge in [0, 0.05) is 0 Å². The van der Waals surface area contributed by atoms with Crippen molar-refractivity contribution in [3.8, 4) is 0 Å². The van der Waals surface area contributed by atoms with Crippen LogP contribution in [0, 0.1) is 116 Å². The van der Waals surface area contributed by atoms with Gasteiger partial charge in [0.25, 0.3) is 0 Å². The fourth-order valence-corrected chi connectivity index (χ4v) is 3.75. The molecule has 0 atom stereocenters. The van der Waals surface area contributed by atoms with E-state index in [1.807, 2.05) is 0 Å². The third kappa shape index (κ3) is 12.3. The average molecular weight is 849 g/mol. The molecule has 0 fully saturated rings. The van der Waals surface area contributed by atoms with Crippen molar-refractivity contribution in [1.82, 2.24) is 5.32 Å². The van der Waals surface area contributed by atoms with Crippen LogP contribution < -0.4 is 23.0 Å². The van der Waals surface area contributed by atoms with E-state index in [0.717, 1.165) is 13.1 Å². The predicted molar refractivity (Wildman–Crippen MR) is 151 cm³/mol. The van der Waals surface area contributed by atoms with Crippen LogP contribution in [-0.2, 0) is 0 Å². The van der Waals surface area contributed by atoms with E-state index in [2.05, 4.69) is 19.2 Å². The number of rotatable bonds is 2. The molecule has 1 N–H and O–H groups in total. The molecule has 0 spiro atoms. The van der Waals surface area contributed by atoms with Crippen molar-refractivity contribution in [2.75, 3.05) is 13.1 Å². The average Bonchev–Trinajstić information content (AvgIpc) is 3.15. The molecule has 0 saturated carbocycles.